The molecule has 0 saturated carbocycles. The molecule has 0 bridgehead atoms. The number of nitrogens with two attached hydrogens (primary N) is 1. The summed E-state index contributed by atoms with van der Waals surface area (Å²) in [5.74, 6) is 1.05. The number of benzene rings is 1. The standard InChI is InChI=1S/C15H13N3O/c1-10-12(8-5-9-17-10)14-13(15(16)18-19-14)11-6-3-2-4-7-11/h2-9H,1H3,(H2,16,18). The monoisotopic (exact) mass is 251 g/mol. The third kappa shape index (κ3) is 1.97. The lowest BCUT2D eigenvalue weighted by atomic mass is 10.0. The molecule has 0 radical (unpaired) electrons. The van der Waals surface area contributed by atoms with E-state index in [1.165, 1.54) is 0 Å². The van der Waals surface area contributed by atoms with Gasteiger partial charge in [0.15, 0.2) is 11.6 Å². The predicted molar refractivity (Wildman–Crippen MR) is 74.3 cm³/mol. The largest absolute Gasteiger partial charge is 0.380 e. The molecule has 4 nitrogen and oxygen atoms in total. The van der Waals surface area contributed by atoms with Crippen LogP contribution in [0.5, 0.6) is 0 Å². The Bertz CT molecular complexity index is 704. The van der Waals surface area contributed by atoms with Crippen molar-refractivity contribution in [1.29, 1.82) is 0 Å². The molecule has 3 rings (SSSR count). The Morgan fingerprint density at radius 2 is 1.84 bits per heavy atom. The van der Waals surface area contributed by atoms with Crippen LogP contribution in [-0.4, -0.2) is 10.1 Å². The second-order valence-electron chi connectivity index (χ2n) is 4.27. The van der Waals surface area contributed by atoms with Crippen molar-refractivity contribution in [3.05, 3.63) is 54.4 Å². The van der Waals surface area contributed by atoms with Gasteiger partial charge in [0, 0.05) is 17.5 Å². The first kappa shape index (κ1) is 11.5. The predicted octanol–water partition coefficient (Wildman–Crippen LogP) is 3.29. The fourth-order valence-corrected chi connectivity index (χ4v) is 2.09. The molecule has 1 aromatic carbocycles. The molecule has 4 heteroatoms. The number of hydrogen-bond donors (Lipinski definition) is 1. The van der Waals surface area contributed by atoms with Crippen molar-refractivity contribution >= 4 is 5.82 Å². The van der Waals surface area contributed by atoms with E-state index in [2.05, 4.69) is 10.1 Å². The summed E-state index contributed by atoms with van der Waals surface area (Å²) in [5, 5.41) is 3.89. The first-order valence-electron chi connectivity index (χ1n) is 6.00. The van der Waals surface area contributed by atoms with Gasteiger partial charge in [0.25, 0.3) is 0 Å². The fraction of sp³-hybridized carbons (Fsp3) is 0.0667. The minimum Gasteiger partial charge on any atom is -0.380 e. The highest BCUT2D eigenvalue weighted by Crippen LogP contribution is 2.37. The fourth-order valence-electron chi connectivity index (χ4n) is 2.09. The normalized spacial score (nSPS) is 10.6. The number of rotatable bonds is 2. The van der Waals surface area contributed by atoms with Gasteiger partial charge in [-0.25, -0.2) is 0 Å². The third-order valence-electron chi connectivity index (χ3n) is 3.03. The third-order valence-corrected chi connectivity index (χ3v) is 3.03. The van der Waals surface area contributed by atoms with E-state index < -0.39 is 0 Å². The average Bonchev–Trinajstić information content (AvgIpc) is 2.82. The van der Waals surface area contributed by atoms with Gasteiger partial charge in [-0.3, -0.25) is 4.98 Å². The summed E-state index contributed by atoms with van der Waals surface area (Å²) in [5.41, 5.74) is 9.53. The van der Waals surface area contributed by atoms with Crippen LogP contribution in [0.4, 0.5) is 5.82 Å². The zero-order valence-corrected chi connectivity index (χ0v) is 10.5. The van der Waals surface area contributed by atoms with Crippen molar-refractivity contribution in [2.24, 2.45) is 0 Å². The molecule has 0 aliphatic rings. The Hall–Kier alpha value is -2.62. The molecule has 0 spiro atoms. The lowest BCUT2D eigenvalue weighted by molar-refractivity contribution is 0.435. The van der Waals surface area contributed by atoms with Gasteiger partial charge in [0.1, 0.15) is 0 Å². The van der Waals surface area contributed by atoms with Gasteiger partial charge in [0.05, 0.1) is 5.56 Å². The average molecular weight is 251 g/mol. The lowest BCUT2D eigenvalue weighted by Crippen LogP contribution is -1.90. The molecule has 2 N–H and O–H groups in total. The smallest absolute Gasteiger partial charge is 0.178 e. The van der Waals surface area contributed by atoms with Crippen LogP contribution >= 0.6 is 0 Å². The Balaban J connectivity index is 2.23. The highest BCUT2D eigenvalue weighted by molar-refractivity contribution is 5.86. The van der Waals surface area contributed by atoms with Crippen molar-refractivity contribution in [3.63, 3.8) is 0 Å². The number of aromatic nitrogens is 2. The zero-order valence-electron chi connectivity index (χ0n) is 10.5. The van der Waals surface area contributed by atoms with E-state index in [1.807, 2.05) is 49.4 Å². The van der Waals surface area contributed by atoms with Crippen LogP contribution in [0.3, 0.4) is 0 Å². The first-order valence-corrected chi connectivity index (χ1v) is 6.00. The topological polar surface area (TPSA) is 64.9 Å². The molecule has 0 aliphatic heterocycles. The number of pyridine rings is 1. The highest BCUT2D eigenvalue weighted by Gasteiger charge is 2.18. The van der Waals surface area contributed by atoms with Gasteiger partial charge in [-0.1, -0.05) is 35.5 Å². The summed E-state index contributed by atoms with van der Waals surface area (Å²) in [6.07, 6.45) is 1.75. The van der Waals surface area contributed by atoms with Crippen LogP contribution in [-0.2, 0) is 0 Å². The van der Waals surface area contributed by atoms with Crippen LogP contribution in [0.1, 0.15) is 5.69 Å². The van der Waals surface area contributed by atoms with Crippen LogP contribution in [0.15, 0.2) is 53.2 Å². The summed E-state index contributed by atoms with van der Waals surface area (Å²) in [6.45, 7) is 1.93. The minimum absolute atomic E-state index is 0.393. The number of nitrogens with zero attached hydrogens (tertiary/aromatic N) is 2. The van der Waals surface area contributed by atoms with Crippen molar-refractivity contribution < 1.29 is 4.52 Å². The van der Waals surface area contributed by atoms with Gasteiger partial charge in [-0.15, -0.1) is 0 Å². The van der Waals surface area contributed by atoms with Crippen LogP contribution in [0.2, 0.25) is 0 Å². The van der Waals surface area contributed by atoms with E-state index in [9.17, 15) is 0 Å². The molecule has 19 heavy (non-hydrogen) atoms. The van der Waals surface area contributed by atoms with E-state index >= 15 is 0 Å². The van der Waals surface area contributed by atoms with Crippen molar-refractivity contribution in [2.75, 3.05) is 5.73 Å². The first-order chi connectivity index (χ1) is 9.27. The molecule has 94 valence electrons. The van der Waals surface area contributed by atoms with E-state index in [4.69, 9.17) is 10.3 Å². The SMILES string of the molecule is Cc1ncccc1-c1onc(N)c1-c1ccccc1. The Labute approximate surface area is 110 Å². The highest BCUT2D eigenvalue weighted by atomic mass is 16.5. The van der Waals surface area contributed by atoms with Gasteiger partial charge < -0.3 is 10.3 Å². The van der Waals surface area contributed by atoms with Crippen LogP contribution < -0.4 is 5.73 Å². The molecule has 0 unspecified atom stereocenters. The summed E-state index contributed by atoms with van der Waals surface area (Å²) >= 11 is 0. The quantitative estimate of drug-likeness (QED) is 0.759. The maximum atomic E-state index is 5.94. The number of aryl methyl sites for hydroxylation is 1. The van der Waals surface area contributed by atoms with E-state index in [0.717, 1.165) is 22.4 Å². The molecule has 0 saturated heterocycles. The Kier molecular flexibility index (Phi) is 2.76. The Morgan fingerprint density at radius 3 is 2.58 bits per heavy atom. The van der Waals surface area contributed by atoms with Crippen LogP contribution in [0, 0.1) is 6.92 Å². The zero-order chi connectivity index (χ0) is 13.2. The molecule has 2 heterocycles. The van der Waals surface area contributed by atoms with Crippen molar-refractivity contribution in [1.82, 2.24) is 10.1 Å². The second kappa shape index (κ2) is 4.57. The van der Waals surface area contributed by atoms with Gasteiger partial charge >= 0.3 is 0 Å². The van der Waals surface area contributed by atoms with Gasteiger partial charge in [-0.05, 0) is 24.6 Å². The number of anilines is 1. The van der Waals surface area contributed by atoms with Crippen molar-refractivity contribution in [2.45, 2.75) is 6.92 Å². The minimum atomic E-state index is 0.393. The molecule has 0 atom stereocenters. The summed E-state index contributed by atoms with van der Waals surface area (Å²) in [7, 11) is 0. The summed E-state index contributed by atoms with van der Waals surface area (Å²) in [4.78, 5) is 4.27. The van der Waals surface area contributed by atoms with Crippen LogP contribution in [0.25, 0.3) is 22.5 Å². The van der Waals surface area contributed by atoms with E-state index in [-0.39, 0.29) is 0 Å². The molecule has 2 aromatic heterocycles. The molecule has 0 fully saturated rings. The van der Waals surface area contributed by atoms with E-state index in [0.29, 0.717) is 11.6 Å². The number of nitrogen functional groups attached to an aromatic ring is 1. The van der Waals surface area contributed by atoms with Gasteiger partial charge in [0.2, 0.25) is 0 Å². The molecule has 0 aliphatic carbocycles. The molecule has 0 amide bonds. The molecular formula is C15H13N3O. The summed E-state index contributed by atoms with van der Waals surface area (Å²) in [6, 6.07) is 13.7. The van der Waals surface area contributed by atoms with Gasteiger partial charge in [-0.2, -0.15) is 0 Å². The lowest BCUT2D eigenvalue weighted by Gasteiger charge is -2.04. The maximum Gasteiger partial charge on any atom is 0.178 e. The van der Waals surface area contributed by atoms with Crippen molar-refractivity contribution in [3.8, 4) is 22.5 Å². The molecular weight excluding hydrogens is 238 g/mol. The number of hydrogen-bond acceptors (Lipinski definition) is 4. The Morgan fingerprint density at radius 1 is 1.05 bits per heavy atom. The van der Waals surface area contributed by atoms with E-state index in [1.54, 1.807) is 6.20 Å². The molecule has 3 aromatic rings. The maximum absolute atomic E-state index is 5.94. The second-order valence-corrected chi connectivity index (χ2v) is 4.27. The summed E-state index contributed by atoms with van der Waals surface area (Å²) < 4.78 is 5.40.